The normalized spacial score (nSPS) is 10.5. The molecule has 1 aromatic carbocycles. The third-order valence-electron chi connectivity index (χ3n) is 2.51. The number of aromatic nitrogens is 1. The summed E-state index contributed by atoms with van der Waals surface area (Å²) in [7, 11) is 0. The fourth-order valence-corrected chi connectivity index (χ4v) is 1.88. The molecular weight excluding hydrogens is 292 g/mol. The fourth-order valence-electron chi connectivity index (χ4n) is 1.51. The van der Waals surface area contributed by atoms with Crippen LogP contribution in [0.2, 0.25) is 5.02 Å². The van der Waals surface area contributed by atoms with Crippen LogP contribution in [0.3, 0.4) is 0 Å². The van der Waals surface area contributed by atoms with Gasteiger partial charge in [-0.2, -0.15) is 0 Å². The van der Waals surface area contributed by atoms with E-state index in [4.69, 9.17) is 27.9 Å². The first-order valence-corrected chi connectivity index (χ1v) is 6.36. The van der Waals surface area contributed by atoms with Crippen LogP contribution in [0.15, 0.2) is 35.3 Å². The Hall–Kier alpha value is -1.52. The van der Waals surface area contributed by atoms with Gasteiger partial charge in [0.1, 0.15) is 12.4 Å². The Bertz CT molecular complexity index is 623. The predicted molar refractivity (Wildman–Crippen MR) is 72.4 cm³/mol. The summed E-state index contributed by atoms with van der Waals surface area (Å²) in [5, 5.41) is 0.258. The van der Waals surface area contributed by atoms with Crippen molar-refractivity contribution in [1.82, 2.24) is 4.98 Å². The van der Waals surface area contributed by atoms with E-state index in [1.54, 1.807) is 6.07 Å². The second kappa shape index (κ2) is 6.08. The molecule has 0 aliphatic heterocycles. The summed E-state index contributed by atoms with van der Waals surface area (Å²) in [5.74, 6) is -0.177. The maximum absolute atomic E-state index is 13.5. The Balaban J connectivity index is 2.17. The van der Waals surface area contributed by atoms with E-state index in [1.807, 2.05) is 0 Å². The van der Waals surface area contributed by atoms with Gasteiger partial charge >= 0.3 is 0 Å². The van der Waals surface area contributed by atoms with E-state index in [0.717, 1.165) is 0 Å². The van der Waals surface area contributed by atoms with Gasteiger partial charge in [0.2, 0.25) is 5.43 Å². The van der Waals surface area contributed by atoms with Crippen LogP contribution >= 0.6 is 23.2 Å². The maximum Gasteiger partial charge on any atom is 0.223 e. The highest BCUT2D eigenvalue weighted by Gasteiger charge is 2.09. The number of nitrogens with one attached hydrogen (secondary N) is 1. The summed E-state index contributed by atoms with van der Waals surface area (Å²) >= 11 is 11.4. The largest absolute Gasteiger partial charge is 0.483 e. The van der Waals surface area contributed by atoms with Gasteiger partial charge in [0, 0.05) is 23.5 Å². The number of pyridine rings is 1. The Morgan fingerprint density at radius 1 is 1.37 bits per heavy atom. The SMILES string of the molecule is O=c1cc(CCl)[nH]cc1OCc1c(F)cccc1Cl. The van der Waals surface area contributed by atoms with E-state index in [2.05, 4.69) is 4.98 Å². The minimum atomic E-state index is -0.471. The van der Waals surface area contributed by atoms with Gasteiger partial charge in [-0.25, -0.2) is 4.39 Å². The maximum atomic E-state index is 13.5. The molecule has 1 N–H and O–H groups in total. The van der Waals surface area contributed by atoms with E-state index in [9.17, 15) is 9.18 Å². The third-order valence-corrected chi connectivity index (χ3v) is 3.16. The average molecular weight is 302 g/mol. The van der Waals surface area contributed by atoms with Crippen LogP contribution in [-0.4, -0.2) is 4.98 Å². The minimum Gasteiger partial charge on any atom is -0.483 e. The molecule has 0 aliphatic rings. The first-order chi connectivity index (χ1) is 9.11. The topological polar surface area (TPSA) is 42.1 Å². The fraction of sp³-hybridized carbons (Fsp3) is 0.154. The zero-order valence-corrected chi connectivity index (χ0v) is 11.3. The number of hydrogen-bond donors (Lipinski definition) is 1. The van der Waals surface area contributed by atoms with Crippen LogP contribution in [0.5, 0.6) is 5.75 Å². The number of alkyl halides is 1. The van der Waals surface area contributed by atoms with Gasteiger partial charge in [-0.15, -0.1) is 11.6 Å². The zero-order valence-electron chi connectivity index (χ0n) is 9.75. The number of hydrogen-bond acceptors (Lipinski definition) is 2. The summed E-state index contributed by atoms with van der Waals surface area (Å²) < 4.78 is 18.8. The number of H-pyrrole nitrogens is 1. The number of rotatable bonds is 4. The van der Waals surface area contributed by atoms with Crippen molar-refractivity contribution in [2.24, 2.45) is 0 Å². The lowest BCUT2D eigenvalue weighted by atomic mass is 10.2. The zero-order chi connectivity index (χ0) is 13.8. The number of ether oxygens (including phenoxy) is 1. The van der Waals surface area contributed by atoms with E-state index in [-0.39, 0.29) is 34.3 Å². The highest BCUT2D eigenvalue weighted by atomic mass is 35.5. The molecule has 6 heteroatoms. The second-order valence-corrected chi connectivity index (χ2v) is 4.48. The molecule has 0 amide bonds. The van der Waals surface area contributed by atoms with Gasteiger partial charge < -0.3 is 9.72 Å². The molecule has 0 atom stereocenters. The first kappa shape index (κ1) is 13.9. The highest BCUT2D eigenvalue weighted by Crippen LogP contribution is 2.20. The van der Waals surface area contributed by atoms with Gasteiger partial charge in [-0.3, -0.25) is 4.79 Å². The van der Waals surface area contributed by atoms with E-state index in [0.29, 0.717) is 5.69 Å². The molecule has 3 nitrogen and oxygen atoms in total. The number of aromatic amines is 1. The molecule has 0 aliphatic carbocycles. The van der Waals surface area contributed by atoms with E-state index >= 15 is 0 Å². The molecule has 1 heterocycles. The van der Waals surface area contributed by atoms with Crippen molar-refractivity contribution in [2.75, 3.05) is 0 Å². The number of benzene rings is 1. The Morgan fingerprint density at radius 2 is 2.16 bits per heavy atom. The summed E-state index contributed by atoms with van der Waals surface area (Å²) in [5.41, 5.74) is 0.481. The van der Waals surface area contributed by atoms with Crippen LogP contribution in [0.1, 0.15) is 11.3 Å². The Kier molecular flexibility index (Phi) is 4.45. The summed E-state index contributed by atoms with van der Waals surface area (Å²) in [6.07, 6.45) is 1.40. The molecule has 0 spiro atoms. The molecule has 0 fully saturated rings. The van der Waals surface area contributed by atoms with Crippen molar-refractivity contribution in [2.45, 2.75) is 12.5 Å². The average Bonchev–Trinajstić information content (AvgIpc) is 2.39. The molecule has 1 aromatic heterocycles. The lowest BCUT2D eigenvalue weighted by Gasteiger charge is -2.08. The van der Waals surface area contributed by atoms with E-state index < -0.39 is 5.82 Å². The molecular formula is C13H10Cl2FNO2. The van der Waals surface area contributed by atoms with Crippen LogP contribution in [-0.2, 0) is 12.5 Å². The molecule has 2 aromatic rings. The number of halogens is 3. The van der Waals surface area contributed by atoms with Crippen LogP contribution in [0.25, 0.3) is 0 Å². The molecule has 19 heavy (non-hydrogen) atoms. The summed E-state index contributed by atoms with van der Waals surface area (Å²) in [6, 6.07) is 5.68. The van der Waals surface area contributed by atoms with Crippen LogP contribution in [0, 0.1) is 5.82 Å². The molecule has 0 bridgehead atoms. The molecule has 0 unspecified atom stereocenters. The van der Waals surface area contributed by atoms with Crippen molar-refractivity contribution < 1.29 is 9.13 Å². The molecule has 0 radical (unpaired) electrons. The molecule has 0 saturated heterocycles. The van der Waals surface area contributed by atoms with Gasteiger partial charge in [0.15, 0.2) is 5.75 Å². The lowest BCUT2D eigenvalue weighted by molar-refractivity contribution is 0.296. The Labute approximate surface area is 118 Å². The van der Waals surface area contributed by atoms with Crippen LogP contribution < -0.4 is 10.2 Å². The summed E-state index contributed by atoms with van der Waals surface area (Å²) in [4.78, 5) is 14.5. The Morgan fingerprint density at radius 3 is 2.79 bits per heavy atom. The minimum absolute atomic E-state index is 0.0909. The molecule has 2 rings (SSSR count). The van der Waals surface area contributed by atoms with Crippen molar-refractivity contribution >= 4 is 23.2 Å². The van der Waals surface area contributed by atoms with Gasteiger partial charge in [0.25, 0.3) is 0 Å². The van der Waals surface area contributed by atoms with Crippen molar-refractivity contribution in [3.63, 3.8) is 0 Å². The van der Waals surface area contributed by atoms with Crippen molar-refractivity contribution in [3.8, 4) is 5.75 Å². The predicted octanol–water partition coefficient (Wildman–Crippen LogP) is 3.49. The van der Waals surface area contributed by atoms with E-state index in [1.165, 1.54) is 24.4 Å². The second-order valence-electron chi connectivity index (χ2n) is 3.81. The standard InChI is InChI=1S/C13H10Cl2FNO2/c14-5-8-4-12(18)13(6-17-8)19-7-9-10(15)2-1-3-11(9)16/h1-4,6H,5,7H2,(H,17,18). The van der Waals surface area contributed by atoms with Gasteiger partial charge in [-0.1, -0.05) is 17.7 Å². The van der Waals surface area contributed by atoms with Crippen molar-refractivity contribution in [1.29, 1.82) is 0 Å². The monoisotopic (exact) mass is 301 g/mol. The van der Waals surface area contributed by atoms with Crippen LogP contribution in [0.4, 0.5) is 4.39 Å². The molecule has 0 saturated carbocycles. The first-order valence-electron chi connectivity index (χ1n) is 5.45. The molecule has 100 valence electrons. The van der Waals surface area contributed by atoms with Gasteiger partial charge in [0.05, 0.1) is 10.9 Å². The lowest BCUT2D eigenvalue weighted by Crippen LogP contribution is -2.10. The van der Waals surface area contributed by atoms with Gasteiger partial charge in [-0.05, 0) is 12.1 Å². The quantitative estimate of drug-likeness (QED) is 0.879. The third kappa shape index (κ3) is 3.28. The highest BCUT2D eigenvalue weighted by molar-refractivity contribution is 6.31. The summed E-state index contributed by atoms with van der Waals surface area (Å²) in [6.45, 7) is -0.116. The van der Waals surface area contributed by atoms with Crippen molar-refractivity contribution in [3.05, 3.63) is 62.8 Å². The smallest absolute Gasteiger partial charge is 0.223 e.